The van der Waals surface area contributed by atoms with Gasteiger partial charge in [-0.2, -0.15) is 0 Å². The van der Waals surface area contributed by atoms with E-state index in [1.807, 2.05) is 0 Å². The Bertz CT molecular complexity index is 359. The Morgan fingerprint density at radius 1 is 1.42 bits per heavy atom. The smallest absolute Gasteiger partial charge is 0.410 e. The fraction of sp³-hybridized carbons (Fsp3) is 0.846. The highest BCUT2D eigenvalue weighted by molar-refractivity contribution is 5.69. The van der Waals surface area contributed by atoms with Crippen LogP contribution in [-0.4, -0.2) is 52.5 Å². The van der Waals surface area contributed by atoms with Gasteiger partial charge < -0.3 is 14.6 Å². The molecule has 1 heterocycles. The van der Waals surface area contributed by atoms with Crippen LogP contribution in [0.3, 0.4) is 0 Å². The Labute approximate surface area is 113 Å². The molecule has 1 amide bonds. The molecular weight excluding hydrogens is 250 g/mol. The van der Waals surface area contributed by atoms with E-state index in [-0.39, 0.29) is 6.61 Å². The molecule has 6 nitrogen and oxygen atoms in total. The number of carbonyl (C=O) groups is 2. The monoisotopic (exact) mass is 273 g/mol. The van der Waals surface area contributed by atoms with Gasteiger partial charge in [-0.3, -0.25) is 9.69 Å². The lowest BCUT2D eigenvalue weighted by Crippen LogP contribution is -2.49. The highest BCUT2D eigenvalue weighted by Gasteiger charge is 2.46. The molecule has 110 valence electrons. The maximum absolute atomic E-state index is 12.1. The van der Waals surface area contributed by atoms with Crippen molar-refractivity contribution in [3.63, 3.8) is 0 Å². The Balaban J connectivity index is 2.75. The molecule has 0 aliphatic carbocycles. The van der Waals surface area contributed by atoms with Crippen LogP contribution in [0.5, 0.6) is 0 Å². The number of carbonyl (C=O) groups excluding carboxylic acids is 2. The van der Waals surface area contributed by atoms with E-state index in [2.05, 4.69) is 0 Å². The van der Waals surface area contributed by atoms with Crippen LogP contribution in [0.2, 0.25) is 0 Å². The molecule has 0 spiro atoms. The van der Waals surface area contributed by atoms with Gasteiger partial charge in [-0.05, 0) is 34.1 Å². The first-order valence-electron chi connectivity index (χ1n) is 6.38. The first-order valence-corrected chi connectivity index (χ1v) is 6.38. The number of hydrogen-bond donors (Lipinski definition) is 1. The first kappa shape index (κ1) is 15.8. The number of hydrogen-bond acceptors (Lipinski definition) is 5. The number of likely N-dealkylation sites (tertiary alicyclic amines) is 1. The third kappa shape index (κ3) is 4.38. The topological polar surface area (TPSA) is 76.1 Å². The van der Waals surface area contributed by atoms with Gasteiger partial charge in [-0.25, -0.2) is 4.79 Å². The number of amides is 1. The fourth-order valence-corrected chi connectivity index (χ4v) is 2.01. The Morgan fingerprint density at radius 3 is 2.47 bits per heavy atom. The van der Waals surface area contributed by atoms with Gasteiger partial charge >= 0.3 is 12.1 Å². The molecular formula is C13H23NO5. The second kappa shape index (κ2) is 5.36. The summed E-state index contributed by atoms with van der Waals surface area (Å²) in [5.41, 5.74) is -1.68. The zero-order valence-electron chi connectivity index (χ0n) is 12.2. The molecule has 1 saturated heterocycles. The lowest BCUT2D eigenvalue weighted by atomic mass is 9.98. The zero-order valence-corrected chi connectivity index (χ0v) is 12.2. The van der Waals surface area contributed by atoms with E-state index in [0.29, 0.717) is 13.0 Å². The lowest BCUT2D eigenvalue weighted by Gasteiger charge is -2.32. The standard InChI is InChI=1S/C13H23NO5/c1-9(15)18-8-10-13(5,17)6-7-14(10)11(16)19-12(2,3)4/h10,17H,6-8H2,1-5H3/t10-,13-/m1/s1. The van der Waals surface area contributed by atoms with Crippen molar-refractivity contribution in [1.82, 2.24) is 4.90 Å². The SMILES string of the molecule is CC(=O)OC[C@H]1N(C(=O)OC(C)(C)C)CC[C@@]1(C)O. The van der Waals surface area contributed by atoms with E-state index in [4.69, 9.17) is 9.47 Å². The summed E-state index contributed by atoms with van der Waals surface area (Å²) in [6.45, 7) is 8.61. The summed E-state index contributed by atoms with van der Waals surface area (Å²) >= 11 is 0. The second-order valence-electron chi connectivity index (χ2n) is 6.10. The third-order valence-electron chi connectivity index (χ3n) is 3.03. The molecule has 0 bridgehead atoms. The number of ether oxygens (including phenoxy) is 2. The average molecular weight is 273 g/mol. The second-order valence-corrected chi connectivity index (χ2v) is 6.10. The van der Waals surface area contributed by atoms with Crippen LogP contribution in [-0.2, 0) is 14.3 Å². The largest absolute Gasteiger partial charge is 0.464 e. The molecule has 0 aromatic carbocycles. The van der Waals surface area contributed by atoms with Crippen LogP contribution in [0.1, 0.15) is 41.0 Å². The fourth-order valence-electron chi connectivity index (χ4n) is 2.01. The summed E-state index contributed by atoms with van der Waals surface area (Å²) in [7, 11) is 0. The van der Waals surface area contributed by atoms with Crippen molar-refractivity contribution in [2.75, 3.05) is 13.2 Å². The molecule has 1 N–H and O–H groups in total. The number of nitrogens with zero attached hydrogens (tertiary/aromatic N) is 1. The van der Waals surface area contributed by atoms with Crippen molar-refractivity contribution in [3.05, 3.63) is 0 Å². The maximum Gasteiger partial charge on any atom is 0.410 e. The molecule has 0 saturated carbocycles. The first-order chi connectivity index (χ1) is 8.53. The summed E-state index contributed by atoms with van der Waals surface area (Å²) in [6.07, 6.45) is -0.0690. The van der Waals surface area contributed by atoms with E-state index in [1.165, 1.54) is 11.8 Å². The highest BCUT2D eigenvalue weighted by atomic mass is 16.6. The van der Waals surface area contributed by atoms with Crippen LogP contribution < -0.4 is 0 Å². The van der Waals surface area contributed by atoms with Crippen LogP contribution in [0, 0.1) is 0 Å². The van der Waals surface area contributed by atoms with Crippen LogP contribution >= 0.6 is 0 Å². The van der Waals surface area contributed by atoms with Gasteiger partial charge in [0, 0.05) is 13.5 Å². The molecule has 19 heavy (non-hydrogen) atoms. The summed E-state index contributed by atoms with van der Waals surface area (Å²) in [4.78, 5) is 24.4. The molecule has 0 radical (unpaired) electrons. The Hall–Kier alpha value is -1.30. The van der Waals surface area contributed by atoms with Gasteiger partial charge in [0.1, 0.15) is 12.2 Å². The molecule has 1 aliphatic heterocycles. The summed E-state index contributed by atoms with van der Waals surface area (Å²) in [6, 6.07) is -0.578. The van der Waals surface area contributed by atoms with Crippen molar-refractivity contribution in [1.29, 1.82) is 0 Å². The van der Waals surface area contributed by atoms with Crippen LogP contribution in [0.4, 0.5) is 4.79 Å². The van der Waals surface area contributed by atoms with Crippen LogP contribution in [0.15, 0.2) is 0 Å². The molecule has 0 unspecified atom stereocenters. The van der Waals surface area contributed by atoms with E-state index in [0.717, 1.165) is 0 Å². The average Bonchev–Trinajstić information content (AvgIpc) is 2.48. The van der Waals surface area contributed by atoms with Gasteiger partial charge in [0.2, 0.25) is 0 Å². The van der Waals surface area contributed by atoms with E-state index < -0.39 is 29.3 Å². The third-order valence-corrected chi connectivity index (χ3v) is 3.03. The van der Waals surface area contributed by atoms with Gasteiger partial charge in [-0.15, -0.1) is 0 Å². The number of rotatable bonds is 2. The zero-order chi connectivity index (χ0) is 14.8. The van der Waals surface area contributed by atoms with E-state index >= 15 is 0 Å². The predicted molar refractivity (Wildman–Crippen MR) is 68.6 cm³/mol. The van der Waals surface area contributed by atoms with Crippen molar-refractivity contribution in [2.45, 2.75) is 58.3 Å². The van der Waals surface area contributed by atoms with E-state index in [1.54, 1.807) is 27.7 Å². The minimum atomic E-state index is -1.08. The summed E-state index contributed by atoms with van der Waals surface area (Å²) in [5, 5.41) is 10.2. The minimum absolute atomic E-state index is 0.0262. The lowest BCUT2D eigenvalue weighted by molar-refractivity contribution is -0.144. The molecule has 0 aromatic rings. The van der Waals surface area contributed by atoms with Gasteiger partial charge in [0.15, 0.2) is 0 Å². The minimum Gasteiger partial charge on any atom is -0.464 e. The summed E-state index contributed by atoms with van der Waals surface area (Å²) in [5.74, 6) is -0.438. The maximum atomic E-state index is 12.1. The molecule has 6 heteroatoms. The van der Waals surface area contributed by atoms with Gasteiger partial charge in [-0.1, -0.05) is 0 Å². The van der Waals surface area contributed by atoms with Crippen molar-refractivity contribution >= 4 is 12.1 Å². The van der Waals surface area contributed by atoms with Crippen LogP contribution in [0.25, 0.3) is 0 Å². The summed E-state index contributed by atoms with van der Waals surface area (Å²) < 4.78 is 10.2. The van der Waals surface area contributed by atoms with Gasteiger partial charge in [0.05, 0.1) is 11.6 Å². The molecule has 0 aromatic heterocycles. The van der Waals surface area contributed by atoms with Crippen molar-refractivity contribution in [3.8, 4) is 0 Å². The van der Waals surface area contributed by atoms with Crippen molar-refractivity contribution in [2.24, 2.45) is 0 Å². The molecule has 2 atom stereocenters. The van der Waals surface area contributed by atoms with E-state index in [9.17, 15) is 14.7 Å². The van der Waals surface area contributed by atoms with Gasteiger partial charge in [0.25, 0.3) is 0 Å². The predicted octanol–water partition coefficient (Wildman–Crippen LogP) is 1.31. The normalized spacial score (nSPS) is 27.3. The quantitative estimate of drug-likeness (QED) is 0.768. The molecule has 1 rings (SSSR count). The Kier molecular flexibility index (Phi) is 4.45. The highest BCUT2D eigenvalue weighted by Crippen LogP contribution is 2.30. The number of aliphatic hydroxyl groups is 1. The molecule has 1 aliphatic rings. The number of esters is 1. The Morgan fingerprint density at radius 2 is 2.00 bits per heavy atom. The van der Waals surface area contributed by atoms with Crippen molar-refractivity contribution < 1.29 is 24.2 Å². The molecule has 1 fully saturated rings.